The van der Waals surface area contributed by atoms with Crippen LogP contribution in [0.5, 0.6) is 0 Å². The molecule has 0 saturated heterocycles. The van der Waals surface area contributed by atoms with E-state index in [1.807, 2.05) is 0 Å². The van der Waals surface area contributed by atoms with Gasteiger partial charge in [0.15, 0.2) is 17.2 Å². The zero-order valence-electron chi connectivity index (χ0n) is 8.56. The fourth-order valence-electron chi connectivity index (χ4n) is 1.42. The number of hydrogen-bond donors (Lipinski definition) is 2. The van der Waals surface area contributed by atoms with Gasteiger partial charge in [-0.3, -0.25) is 14.7 Å². The molecule has 0 saturated carbocycles. The van der Waals surface area contributed by atoms with Crippen LogP contribution < -0.4 is 16.4 Å². The minimum Gasteiger partial charge on any atom is -0.465 e. The normalized spacial score (nSPS) is 18.3. The van der Waals surface area contributed by atoms with Crippen molar-refractivity contribution in [2.45, 2.75) is 6.92 Å². The minimum atomic E-state index is -1.02. The zero-order valence-corrected chi connectivity index (χ0v) is 8.56. The van der Waals surface area contributed by atoms with E-state index in [9.17, 15) is 9.59 Å². The molecule has 0 aliphatic carbocycles. The van der Waals surface area contributed by atoms with Crippen LogP contribution in [-0.4, -0.2) is 28.7 Å². The second kappa shape index (κ2) is 3.76. The summed E-state index contributed by atoms with van der Waals surface area (Å²) in [7, 11) is 0. The largest absolute Gasteiger partial charge is 0.465 e. The number of esters is 1. The summed E-state index contributed by atoms with van der Waals surface area (Å²) in [5.74, 6) is -2.01. The van der Waals surface area contributed by atoms with Crippen molar-refractivity contribution in [2.75, 3.05) is 12.3 Å². The van der Waals surface area contributed by atoms with Crippen LogP contribution in [0.2, 0.25) is 0 Å². The van der Waals surface area contributed by atoms with Crippen LogP contribution in [0.25, 0.3) is 6.08 Å². The third-order valence-electron chi connectivity index (χ3n) is 2.18. The zero-order chi connectivity index (χ0) is 11.7. The predicted molar refractivity (Wildman–Crippen MR) is 53.4 cm³/mol. The van der Waals surface area contributed by atoms with E-state index in [0.29, 0.717) is 5.22 Å². The smallest absolute Gasteiger partial charge is 0.322 e. The number of carbonyl (C=O) groups excluding carboxylic acids is 2. The van der Waals surface area contributed by atoms with Gasteiger partial charge in [0.05, 0.1) is 11.8 Å². The molecule has 7 heteroatoms. The Morgan fingerprint density at radius 3 is 3.12 bits per heavy atom. The lowest BCUT2D eigenvalue weighted by atomic mass is 10.1. The molecule has 0 spiro atoms. The van der Waals surface area contributed by atoms with Crippen LogP contribution in [-0.2, 0) is 14.3 Å². The maximum atomic E-state index is 11.5. The topological polar surface area (TPSA) is 110 Å². The third-order valence-corrected chi connectivity index (χ3v) is 2.18. The quantitative estimate of drug-likeness (QED) is 0.449. The number of hydrogen-bond acceptors (Lipinski definition) is 5. The minimum absolute atomic E-state index is 0.209. The summed E-state index contributed by atoms with van der Waals surface area (Å²) in [5.41, 5.74) is 5.83. The van der Waals surface area contributed by atoms with Crippen molar-refractivity contribution in [3.63, 3.8) is 0 Å². The molecular weight excluding hydrogens is 212 g/mol. The van der Waals surface area contributed by atoms with Crippen LogP contribution in [0.3, 0.4) is 0 Å². The Bertz CT molecular complexity index is 560. The number of nitrogens with zero attached hydrogens (tertiary/aromatic N) is 2. The number of nitrogens with one attached hydrogen (secondary N) is 1. The summed E-state index contributed by atoms with van der Waals surface area (Å²) in [4.78, 5) is 26.6. The maximum absolute atomic E-state index is 11.5. The lowest BCUT2D eigenvalue weighted by Crippen LogP contribution is -2.37. The number of nitrogen functional groups attached to an aromatic ring is 1. The second-order valence-corrected chi connectivity index (χ2v) is 3.22. The molecule has 1 unspecified atom stereocenters. The van der Waals surface area contributed by atoms with E-state index in [4.69, 9.17) is 10.5 Å². The van der Waals surface area contributed by atoms with E-state index in [1.165, 1.54) is 6.08 Å². The van der Waals surface area contributed by atoms with Crippen molar-refractivity contribution < 1.29 is 14.3 Å². The van der Waals surface area contributed by atoms with Crippen molar-refractivity contribution in [1.29, 1.82) is 0 Å². The standard InChI is InChI=1S/C9H10N4O3/c1-2-16-9(15)5-3-4-6(10)12-13-7(4)11-8(5)14/h3,5H,2H2,1H3,(H2,10,12)(H,11,13,14). The van der Waals surface area contributed by atoms with E-state index in [0.717, 1.165) is 0 Å². The van der Waals surface area contributed by atoms with E-state index >= 15 is 0 Å². The number of anilines is 1. The highest BCUT2D eigenvalue weighted by Gasteiger charge is 2.28. The van der Waals surface area contributed by atoms with Gasteiger partial charge < -0.3 is 10.5 Å². The number of fused-ring (bicyclic) bond motifs is 1. The van der Waals surface area contributed by atoms with Crippen LogP contribution in [0, 0.1) is 5.92 Å². The Morgan fingerprint density at radius 2 is 2.44 bits per heavy atom. The van der Waals surface area contributed by atoms with Crippen molar-refractivity contribution in [3.05, 3.63) is 10.7 Å². The summed E-state index contributed by atoms with van der Waals surface area (Å²) in [5, 5.41) is 6.67. The lowest BCUT2D eigenvalue weighted by molar-refractivity contribution is -0.148. The number of amides is 1. The Balaban J connectivity index is 2.46. The van der Waals surface area contributed by atoms with Crippen molar-refractivity contribution >= 4 is 23.8 Å². The summed E-state index contributed by atoms with van der Waals surface area (Å²) >= 11 is 0. The fraction of sp³-hybridized carbons (Fsp3) is 0.333. The molecule has 3 N–H and O–H groups in total. The number of H-pyrrole nitrogens is 1. The van der Waals surface area contributed by atoms with Crippen LogP contribution in [0.4, 0.5) is 5.82 Å². The average molecular weight is 222 g/mol. The van der Waals surface area contributed by atoms with Gasteiger partial charge >= 0.3 is 5.97 Å². The molecule has 1 aliphatic heterocycles. The molecule has 16 heavy (non-hydrogen) atoms. The first-order valence-corrected chi connectivity index (χ1v) is 4.74. The number of rotatable bonds is 2. The van der Waals surface area contributed by atoms with Crippen molar-refractivity contribution in [2.24, 2.45) is 10.9 Å². The highest BCUT2D eigenvalue weighted by atomic mass is 16.5. The molecule has 1 aromatic rings. The molecule has 1 aromatic heterocycles. The Hall–Kier alpha value is -2.18. The van der Waals surface area contributed by atoms with Gasteiger partial charge in [-0.15, -0.1) is 0 Å². The third kappa shape index (κ3) is 1.56. The van der Waals surface area contributed by atoms with E-state index in [1.54, 1.807) is 6.92 Å². The molecule has 0 aromatic carbocycles. The molecule has 2 heterocycles. The number of nitrogens with two attached hydrogens (primary N) is 1. The molecule has 0 bridgehead atoms. The first kappa shape index (κ1) is 10.3. The van der Waals surface area contributed by atoms with Gasteiger partial charge in [0.25, 0.3) is 5.91 Å². The number of carbonyl (C=O) groups is 2. The summed E-state index contributed by atoms with van der Waals surface area (Å²) < 4.78 is 4.76. The van der Waals surface area contributed by atoms with Crippen molar-refractivity contribution in [1.82, 2.24) is 10.2 Å². The molecule has 2 rings (SSSR count). The Kier molecular flexibility index (Phi) is 2.43. The summed E-state index contributed by atoms with van der Waals surface area (Å²) in [6, 6.07) is 0. The molecule has 0 fully saturated rings. The summed E-state index contributed by atoms with van der Waals surface area (Å²) in [6.07, 6.45) is 1.42. The molecule has 1 atom stereocenters. The monoisotopic (exact) mass is 222 g/mol. The van der Waals surface area contributed by atoms with Gasteiger partial charge in [-0.25, -0.2) is 0 Å². The maximum Gasteiger partial charge on any atom is 0.322 e. The molecule has 1 amide bonds. The number of ether oxygens (including phenoxy) is 1. The molecule has 84 valence electrons. The van der Waals surface area contributed by atoms with E-state index in [-0.39, 0.29) is 17.9 Å². The molecule has 7 nitrogen and oxygen atoms in total. The van der Waals surface area contributed by atoms with Crippen molar-refractivity contribution in [3.8, 4) is 0 Å². The molecule has 1 aliphatic rings. The van der Waals surface area contributed by atoms with E-state index in [2.05, 4.69) is 15.2 Å². The van der Waals surface area contributed by atoms with Gasteiger partial charge in [-0.2, -0.15) is 10.1 Å². The van der Waals surface area contributed by atoms with Gasteiger partial charge in [0.2, 0.25) is 0 Å². The highest BCUT2D eigenvalue weighted by Crippen LogP contribution is 2.07. The van der Waals surface area contributed by atoms with Gasteiger partial charge in [-0.1, -0.05) is 0 Å². The van der Waals surface area contributed by atoms with Gasteiger partial charge in [0, 0.05) is 0 Å². The van der Waals surface area contributed by atoms with Crippen LogP contribution in [0.1, 0.15) is 6.92 Å². The first-order valence-electron chi connectivity index (χ1n) is 4.74. The first-order chi connectivity index (χ1) is 7.63. The lowest BCUT2D eigenvalue weighted by Gasteiger charge is -2.09. The average Bonchev–Trinajstić information content (AvgIpc) is 2.59. The molecular formula is C9H10N4O3. The van der Waals surface area contributed by atoms with E-state index < -0.39 is 17.8 Å². The van der Waals surface area contributed by atoms with Crippen LogP contribution in [0.15, 0.2) is 4.99 Å². The fourth-order valence-corrected chi connectivity index (χ4v) is 1.42. The Morgan fingerprint density at radius 1 is 1.69 bits per heavy atom. The number of aromatic nitrogens is 2. The van der Waals surface area contributed by atoms with Crippen LogP contribution >= 0.6 is 0 Å². The van der Waals surface area contributed by atoms with Gasteiger partial charge in [0.1, 0.15) is 0 Å². The Labute approximate surface area is 90.0 Å². The number of aromatic amines is 1. The van der Waals surface area contributed by atoms with Gasteiger partial charge in [-0.05, 0) is 13.0 Å². The highest BCUT2D eigenvalue weighted by molar-refractivity contribution is 6.04. The second-order valence-electron chi connectivity index (χ2n) is 3.22. The SMILES string of the molecule is CCOC(=O)C1C=c2c(N)n[nH]c2=NC1=O. The summed E-state index contributed by atoms with van der Waals surface area (Å²) in [6.45, 7) is 1.88. The predicted octanol–water partition coefficient (Wildman–Crippen LogP) is -1.89. The molecule has 0 radical (unpaired) electrons.